The van der Waals surface area contributed by atoms with E-state index in [0.29, 0.717) is 16.6 Å². The van der Waals surface area contributed by atoms with E-state index in [-0.39, 0.29) is 11.9 Å². The Labute approximate surface area is 143 Å². The summed E-state index contributed by atoms with van der Waals surface area (Å²) in [6, 6.07) is 18.7. The first-order chi connectivity index (χ1) is 12.3. The van der Waals surface area contributed by atoms with Crippen molar-refractivity contribution in [3.8, 4) is 0 Å². The fraction of sp³-hybridized carbons (Fsp3) is 0.0526. The minimum absolute atomic E-state index is 0.204. The second kappa shape index (κ2) is 6.52. The molecule has 0 fully saturated rings. The van der Waals surface area contributed by atoms with Crippen molar-refractivity contribution in [3.63, 3.8) is 0 Å². The molecule has 2 aromatic carbocycles. The number of benzene rings is 2. The maximum atomic E-state index is 12.9. The topological polar surface area (TPSA) is 83.6 Å². The zero-order valence-corrected chi connectivity index (χ0v) is 13.3. The second-order valence-electron chi connectivity index (χ2n) is 5.59. The minimum atomic E-state index is -0.279. The van der Waals surface area contributed by atoms with Gasteiger partial charge in [0.2, 0.25) is 0 Å². The molecule has 2 aromatic heterocycles. The van der Waals surface area contributed by atoms with Gasteiger partial charge in [-0.05, 0) is 35.4 Å². The zero-order valence-electron chi connectivity index (χ0n) is 13.3. The summed E-state index contributed by atoms with van der Waals surface area (Å²) in [6.45, 7) is 0. The molecule has 1 unspecified atom stereocenters. The molecule has 4 rings (SSSR count). The molecule has 1 atom stereocenters. The Morgan fingerprint density at radius 1 is 0.880 bits per heavy atom. The summed E-state index contributed by atoms with van der Waals surface area (Å²) in [5.41, 5.74) is 3.66. The highest BCUT2D eigenvalue weighted by molar-refractivity contribution is 6.04. The van der Waals surface area contributed by atoms with Gasteiger partial charge in [0.15, 0.2) is 0 Å². The molecule has 0 saturated heterocycles. The SMILES string of the molecule is O=C(NC(c1ccccc1)c1ccncc1)c1cccc2n[nH]nc12. The van der Waals surface area contributed by atoms with Crippen LogP contribution < -0.4 is 5.32 Å². The van der Waals surface area contributed by atoms with E-state index in [9.17, 15) is 4.79 Å². The van der Waals surface area contributed by atoms with Crippen LogP contribution >= 0.6 is 0 Å². The number of rotatable bonds is 4. The van der Waals surface area contributed by atoms with E-state index in [2.05, 4.69) is 25.7 Å². The number of amides is 1. The quantitative estimate of drug-likeness (QED) is 0.603. The van der Waals surface area contributed by atoms with Crippen LogP contribution in [0.3, 0.4) is 0 Å². The molecule has 1 amide bonds. The van der Waals surface area contributed by atoms with Crippen LogP contribution in [0.25, 0.3) is 11.0 Å². The summed E-state index contributed by atoms with van der Waals surface area (Å²) in [6.07, 6.45) is 3.44. The smallest absolute Gasteiger partial charge is 0.254 e. The van der Waals surface area contributed by atoms with Crippen molar-refractivity contribution >= 4 is 16.9 Å². The Morgan fingerprint density at radius 2 is 1.64 bits per heavy atom. The van der Waals surface area contributed by atoms with E-state index in [4.69, 9.17) is 0 Å². The molecule has 0 saturated carbocycles. The Hall–Kier alpha value is -3.54. The summed E-state index contributed by atoms with van der Waals surface area (Å²) < 4.78 is 0. The molecule has 0 aliphatic rings. The van der Waals surface area contributed by atoms with Crippen molar-refractivity contribution in [2.75, 3.05) is 0 Å². The number of nitrogens with zero attached hydrogens (tertiary/aromatic N) is 3. The maximum absolute atomic E-state index is 12.9. The molecule has 2 heterocycles. The molecule has 0 aliphatic heterocycles. The van der Waals surface area contributed by atoms with Crippen LogP contribution in [0.2, 0.25) is 0 Å². The fourth-order valence-electron chi connectivity index (χ4n) is 2.82. The Kier molecular flexibility index (Phi) is 3.92. The first-order valence-corrected chi connectivity index (χ1v) is 7.88. The van der Waals surface area contributed by atoms with Crippen molar-refractivity contribution in [1.29, 1.82) is 0 Å². The lowest BCUT2D eigenvalue weighted by atomic mass is 9.99. The molecule has 4 aromatic rings. The predicted octanol–water partition coefficient (Wildman–Crippen LogP) is 2.87. The van der Waals surface area contributed by atoms with Gasteiger partial charge in [-0.25, -0.2) is 0 Å². The predicted molar refractivity (Wildman–Crippen MR) is 93.9 cm³/mol. The second-order valence-corrected chi connectivity index (χ2v) is 5.59. The van der Waals surface area contributed by atoms with Gasteiger partial charge in [0.25, 0.3) is 5.91 Å². The van der Waals surface area contributed by atoms with Crippen molar-refractivity contribution in [3.05, 3.63) is 89.7 Å². The summed E-state index contributed by atoms with van der Waals surface area (Å²) in [5.74, 6) is -0.204. The summed E-state index contributed by atoms with van der Waals surface area (Å²) >= 11 is 0. The first kappa shape index (κ1) is 15.0. The maximum Gasteiger partial charge on any atom is 0.254 e. The largest absolute Gasteiger partial charge is 0.341 e. The summed E-state index contributed by atoms with van der Waals surface area (Å²) in [7, 11) is 0. The standard InChI is InChI=1S/C19H15N5O/c25-19(15-7-4-8-16-18(15)23-24-22-16)21-17(13-5-2-1-3-6-13)14-9-11-20-12-10-14/h1-12,17H,(H,21,25)(H,22,23,24). The third-order valence-corrected chi connectivity index (χ3v) is 4.04. The van der Waals surface area contributed by atoms with E-state index < -0.39 is 0 Å². The Bertz CT molecular complexity index is 958. The van der Waals surface area contributed by atoms with Gasteiger partial charge in [0.1, 0.15) is 11.0 Å². The molecule has 2 N–H and O–H groups in total. The number of H-pyrrole nitrogens is 1. The summed E-state index contributed by atoms with van der Waals surface area (Å²) in [5, 5.41) is 13.8. The van der Waals surface area contributed by atoms with Crippen molar-refractivity contribution in [2.45, 2.75) is 6.04 Å². The number of carbonyl (C=O) groups is 1. The van der Waals surface area contributed by atoms with Crippen LogP contribution in [0.15, 0.2) is 73.1 Å². The van der Waals surface area contributed by atoms with E-state index >= 15 is 0 Å². The molecule has 0 radical (unpaired) electrons. The number of pyridine rings is 1. The van der Waals surface area contributed by atoms with E-state index in [1.807, 2.05) is 48.5 Å². The highest BCUT2D eigenvalue weighted by Crippen LogP contribution is 2.23. The average Bonchev–Trinajstić information content (AvgIpc) is 3.16. The lowest BCUT2D eigenvalue weighted by molar-refractivity contribution is 0.0944. The van der Waals surface area contributed by atoms with E-state index in [1.165, 1.54) is 0 Å². The number of aromatic nitrogens is 4. The first-order valence-electron chi connectivity index (χ1n) is 7.88. The van der Waals surface area contributed by atoms with E-state index in [0.717, 1.165) is 11.1 Å². The van der Waals surface area contributed by atoms with Crippen LogP contribution in [-0.4, -0.2) is 26.3 Å². The van der Waals surface area contributed by atoms with Crippen LogP contribution in [-0.2, 0) is 0 Å². The molecular weight excluding hydrogens is 314 g/mol. The monoisotopic (exact) mass is 329 g/mol. The number of hydrogen-bond acceptors (Lipinski definition) is 4. The van der Waals surface area contributed by atoms with Gasteiger partial charge in [0.05, 0.1) is 11.6 Å². The van der Waals surface area contributed by atoms with E-state index in [1.54, 1.807) is 24.5 Å². The molecular formula is C19H15N5O. The van der Waals surface area contributed by atoms with Crippen LogP contribution in [0.5, 0.6) is 0 Å². The van der Waals surface area contributed by atoms with Crippen molar-refractivity contribution in [1.82, 2.24) is 25.7 Å². The summed E-state index contributed by atoms with van der Waals surface area (Å²) in [4.78, 5) is 17.0. The van der Waals surface area contributed by atoms with Crippen molar-refractivity contribution in [2.24, 2.45) is 0 Å². The molecule has 0 aliphatic carbocycles. The van der Waals surface area contributed by atoms with Crippen LogP contribution in [0.4, 0.5) is 0 Å². The Morgan fingerprint density at radius 3 is 2.44 bits per heavy atom. The minimum Gasteiger partial charge on any atom is -0.341 e. The molecule has 0 bridgehead atoms. The third kappa shape index (κ3) is 2.97. The highest BCUT2D eigenvalue weighted by atomic mass is 16.1. The number of carbonyl (C=O) groups excluding carboxylic acids is 1. The number of nitrogens with one attached hydrogen (secondary N) is 2. The molecule has 6 heteroatoms. The number of fused-ring (bicyclic) bond motifs is 1. The third-order valence-electron chi connectivity index (χ3n) is 4.04. The highest BCUT2D eigenvalue weighted by Gasteiger charge is 2.20. The average molecular weight is 329 g/mol. The molecule has 25 heavy (non-hydrogen) atoms. The fourth-order valence-corrected chi connectivity index (χ4v) is 2.82. The van der Waals surface area contributed by atoms with Gasteiger partial charge in [-0.2, -0.15) is 15.4 Å². The zero-order chi connectivity index (χ0) is 17.1. The number of aromatic amines is 1. The van der Waals surface area contributed by atoms with Crippen molar-refractivity contribution < 1.29 is 4.79 Å². The van der Waals surface area contributed by atoms with Gasteiger partial charge in [-0.3, -0.25) is 9.78 Å². The van der Waals surface area contributed by atoms with Crippen LogP contribution in [0.1, 0.15) is 27.5 Å². The molecule has 6 nitrogen and oxygen atoms in total. The number of hydrogen-bond donors (Lipinski definition) is 2. The van der Waals surface area contributed by atoms with Gasteiger partial charge >= 0.3 is 0 Å². The van der Waals surface area contributed by atoms with Gasteiger partial charge < -0.3 is 5.32 Å². The normalized spacial score (nSPS) is 12.0. The molecule has 122 valence electrons. The van der Waals surface area contributed by atoms with Crippen LogP contribution in [0, 0.1) is 0 Å². The van der Waals surface area contributed by atoms with Gasteiger partial charge in [0, 0.05) is 12.4 Å². The lowest BCUT2D eigenvalue weighted by Gasteiger charge is -2.19. The van der Waals surface area contributed by atoms with Gasteiger partial charge in [-0.1, -0.05) is 36.4 Å². The lowest BCUT2D eigenvalue weighted by Crippen LogP contribution is -2.29. The number of para-hydroxylation sites is 1. The molecule has 0 spiro atoms. The van der Waals surface area contributed by atoms with Gasteiger partial charge in [-0.15, -0.1) is 0 Å². The Balaban J connectivity index is 1.72.